The second-order valence-corrected chi connectivity index (χ2v) is 6.44. The van der Waals surface area contributed by atoms with E-state index in [9.17, 15) is 9.90 Å². The molecule has 1 aromatic heterocycles. The molecule has 140 valence electrons. The summed E-state index contributed by atoms with van der Waals surface area (Å²) in [5.41, 5.74) is 2.08. The molecule has 0 radical (unpaired) electrons. The van der Waals surface area contributed by atoms with E-state index < -0.39 is 5.97 Å². The quantitative estimate of drug-likeness (QED) is 0.608. The molecule has 2 aromatic rings. The first-order chi connectivity index (χ1) is 13.1. The lowest BCUT2D eigenvalue weighted by Crippen LogP contribution is -2.28. The smallest absolute Gasteiger partial charge is 0.358 e. The van der Waals surface area contributed by atoms with Crippen LogP contribution >= 0.6 is 11.3 Å². The van der Waals surface area contributed by atoms with Crippen molar-refractivity contribution in [1.29, 1.82) is 0 Å². The summed E-state index contributed by atoms with van der Waals surface area (Å²) in [6, 6.07) is 11.7. The maximum atomic E-state index is 11.7. The molecule has 0 aliphatic carbocycles. The van der Waals surface area contributed by atoms with E-state index in [1.165, 1.54) is 16.3 Å². The Bertz CT molecular complexity index is 863. The summed E-state index contributed by atoms with van der Waals surface area (Å²) in [6.07, 6.45) is 7.20. The summed E-state index contributed by atoms with van der Waals surface area (Å²) in [7, 11) is 0. The van der Waals surface area contributed by atoms with Gasteiger partial charge in [-0.3, -0.25) is 5.01 Å². The number of terminal acetylenes is 1. The highest BCUT2D eigenvalue weighted by atomic mass is 32.1. The van der Waals surface area contributed by atoms with Gasteiger partial charge in [0.1, 0.15) is 6.61 Å². The fraction of sp³-hybridized carbons (Fsp3) is 0.238. The molecule has 1 aromatic carbocycles. The molecule has 0 saturated heterocycles. The zero-order chi connectivity index (χ0) is 19.6. The molecule has 0 bridgehead atoms. The summed E-state index contributed by atoms with van der Waals surface area (Å²) in [4.78, 5) is 12.6. The van der Waals surface area contributed by atoms with E-state index >= 15 is 0 Å². The zero-order valence-corrected chi connectivity index (χ0v) is 16.2. The number of carboxylic acids is 1. The molecule has 6 heteroatoms. The Kier molecular flexibility index (Phi) is 7.65. The van der Waals surface area contributed by atoms with Crippen LogP contribution in [0, 0.1) is 12.3 Å². The van der Waals surface area contributed by atoms with E-state index in [2.05, 4.69) is 11.0 Å². The third-order valence-corrected chi connectivity index (χ3v) is 4.59. The van der Waals surface area contributed by atoms with E-state index in [-0.39, 0.29) is 5.70 Å². The first-order valence-corrected chi connectivity index (χ1v) is 9.40. The van der Waals surface area contributed by atoms with Crippen molar-refractivity contribution in [2.24, 2.45) is 5.10 Å². The Morgan fingerprint density at radius 2 is 2.11 bits per heavy atom. The van der Waals surface area contributed by atoms with Crippen molar-refractivity contribution in [2.75, 3.05) is 0 Å². The normalized spacial score (nSPS) is 12.9. The van der Waals surface area contributed by atoms with E-state index in [1.54, 1.807) is 13.1 Å². The molecule has 1 N–H and O–H groups in total. The number of aliphatic carboxylic acids is 1. The number of ether oxygens (including phenoxy) is 1. The van der Waals surface area contributed by atoms with Gasteiger partial charge >= 0.3 is 5.97 Å². The van der Waals surface area contributed by atoms with Crippen LogP contribution in [0.25, 0.3) is 5.76 Å². The Morgan fingerprint density at radius 3 is 2.70 bits per heavy atom. The Hall–Kier alpha value is -3.04. The third-order valence-electron chi connectivity index (χ3n) is 3.63. The predicted octanol–water partition coefficient (Wildman–Crippen LogP) is 4.57. The average Bonchev–Trinajstić information content (AvgIpc) is 3.15. The molecule has 27 heavy (non-hydrogen) atoms. The summed E-state index contributed by atoms with van der Waals surface area (Å²) in [6.45, 7) is 4.45. The lowest BCUT2D eigenvalue weighted by Gasteiger charge is -2.27. The second kappa shape index (κ2) is 10.2. The highest BCUT2D eigenvalue weighted by Crippen LogP contribution is 2.37. The minimum atomic E-state index is -1.04. The van der Waals surface area contributed by atoms with E-state index in [0.29, 0.717) is 18.9 Å². The number of hydrogen-bond acceptors (Lipinski definition) is 5. The van der Waals surface area contributed by atoms with Crippen molar-refractivity contribution in [3.05, 3.63) is 63.5 Å². The first kappa shape index (κ1) is 20.3. The van der Waals surface area contributed by atoms with Crippen LogP contribution < -0.4 is 0 Å². The number of hydrazone groups is 1. The minimum Gasteiger partial charge on any atom is -0.485 e. The van der Waals surface area contributed by atoms with Gasteiger partial charge in [-0.05, 0) is 29.5 Å². The third kappa shape index (κ3) is 5.22. The number of benzene rings is 1. The maximum Gasteiger partial charge on any atom is 0.358 e. The average molecular weight is 382 g/mol. The van der Waals surface area contributed by atoms with Crippen molar-refractivity contribution in [2.45, 2.75) is 33.4 Å². The highest BCUT2D eigenvalue weighted by Gasteiger charge is 2.31. The Labute approximate surface area is 163 Å². The Balaban J connectivity index is 0.000000596. The molecule has 3 rings (SSSR count). The molecule has 2 heterocycles. The number of rotatable bonds is 5. The molecule has 1 aliphatic heterocycles. The number of hydrogen-bond donors (Lipinski definition) is 1. The van der Waals surface area contributed by atoms with Crippen molar-refractivity contribution < 1.29 is 14.6 Å². The molecule has 5 nitrogen and oxygen atoms in total. The van der Waals surface area contributed by atoms with Crippen molar-refractivity contribution in [3.8, 4) is 12.3 Å². The highest BCUT2D eigenvalue weighted by molar-refractivity contribution is 7.11. The van der Waals surface area contributed by atoms with Crippen LogP contribution in [0.2, 0.25) is 0 Å². The zero-order valence-electron chi connectivity index (χ0n) is 15.4. The summed E-state index contributed by atoms with van der Waals surface area (Å²) in [5.74, 6) is 1.76. The van der Waals surface area contributed by atoms with Crippen LogP contribution in [0.1, 0.15) is 36.3 Å². The molecule has 0 fully saturated rings. The van der Waals surface area contributed by atoms with E-state index in [0.717, 1.165) is 22.4 Å². The summed E-state index contributed by atoms with van der Waals surface area (Å²) in [5, 5.41) is 17.2. The van der Waals surface area contributed by atoms with E-state index in [1.807, 2.05) is 48.7 Å². The van der Waals surface area contributed by atoms with Gasteiger partial charge in [-0.1, -0.05) is 37.3 Å². The maximum absolute atomic E-state index is 11.7. The van der Waals surface area contributed by atoms with Crippen LogP contribution in [0.15, 0.2) is 52.6 Å². The number of carbonyl (C=O) groups is 1. The SMILES string of the molecule is C#CCC.C/C=N\N1Cc2ccsc2C(OCc2ccccc2)=C1C(=O)O. The van der Waals surface area contributed by atoms with Crippen molar-refractivity contribution >= 4 is 29.3 Å². The number of thiophene rings is 1. The molecular weight excluding hydrogens is 360 g/mol. The summed E-state index contributed by atoms with van der Waals surface area (Å²) < 4.78 is 5.90. The van der Waals surface area contributed by atoms with Gasteiger partial charge in [0.25, 0.3) is 0 Å². The molecule has 0 spiro atoms. The second-order valence-electron chi connectivity index (χ2n) is 5.52. The minimum absolute atomic E-state index is 0.0778. The molecule has 0 amide bonds. The van der Waals surface area contributed by atoms with Crippen LogP contribution in [0.3, 0.4) is 0 Å². The molecule has 0 unspecified atom stereocenters. The van der Waals surface area contributed by atoms with Crippen LogP contribution in [-0.2, 0) is 22.7 Å². The summed E-state index contributed by atoms with van der Waals surface area (Å²) >= 11 is 1.49. The fourth-order valence-corrected chi connectivity index (χ4v) is 3.35. The number of carboxylic acid groups (broad SMARTS) is 1. The molecule has 1 aliphatic rings. The van der Waals surface area contributed by atoms with Crippen molar-refractivity contribution in [3.63, 3.8) is 0 Å². The molecular formula is C21H22N2O3S. The van der Waals surface area contributed by atoms with Gasteiger partial charge in [0.15, 0.2) is 11.5 Å². The van der Waals surface area contributed by atoms with E-state index in [4.69, 9.17) is 11.2 Å². The number of fused-ring (bicyclic) bond motifs is 1. The van der Waals surface area contributed by atoms with Gasteiger partial charge in [0.2, 0.25) is 0 Å². The lowest BCUT2D eigenvalue weighted by atomic mass is 10.1. The molecule has 0 saturated carbocycles. The van der Waals surface area contributed by atoms with Crippen LogP contribution in [0.4, 0.5) is 0 Å². The van der Waals surface area contributed by atoms with Crippen molar-refractivity contribution in [1.82, 2.24) is 5.01 Å². The Morgan fingerprint density at radius 1 is 1.41 bits per heavy atom. The fourth-order valence-electron chi connectivity index (χ4n) is 2.43. The van der Waals surface area contributed by atoms with Gasteiger partial charge in [-0.15, -0.1) is 23.7 Å². The lowest BCUT2D eigenvalue weighted by molar-refractivity contribution is -0.134. The number of nitrogens with zero attached hydrogens (tertiary/aromatic N) is 2. The predicted molar refractivity (Wildman–Crippen MR) is 109 cm³/mol. The topological polar surface area (TPSA) is 62.1 Å². The van der Waals surface area contributed by atoms with Gasteiger partial charge in [0, 0.05) is 12.6 Å². The van der Waals surface area contributed by atoms with Gasteiger partial charge in [-0.2, -0.15) is 5.10 Å². The first-order valence-electron chi connectivity index (χ1n) is 8.52. The van der Waals surface area contributed by atoms with Crippen LogP contribution in [0.5, 0.6) is 0 Å². The van der Waals surface area contributed by atoms with Gasteiger partial charge in [-0.25, -0.2) is 4.79 Å². The van der Waals surface area contributed by atoms with Gasteiger partial charge < -0.3 is 9.84 Å². The largest absolute Gasteiger partial charge is 0.485 e. The molecule has 0 atom stereocenters. The standard InChI is InChI=1S/C17H16N2O3S.C4H6/c1-2-18-19-10-13-8-9-23-16(13)15(14(19)17(20)21)22-11-12-6-4-3-5-7-12;1-3-4-2/h2-9H,10-11H2,1H3,(H,20,21);1H,4H2,2H3/b18-2-;. The van der Waals surface area contributed by atoms with Crippen LogP contribution in [-0.4, -0.2) is 22.3 Å². The monoisotopic (exact) mass is 382 g/mol. The van der Waals surface area contributed by atoms with Gasteiger partial charge in [0.05, 0.1) is 11.4 Å².